The molecular weight excluding hydrogens is 320 g/mol. The van der Waals surface area contributed by atoms with Crippen LogP contribution in [0.1, 0.15) is 36.0 Å². The summed E-state index contributed by atoms with van der Waals surface area (Å²) < 4.78 is 5.80. The summed E-state index contributed by atoms with van der Waals surface area (Å²) in [7, 11) is 0. The van der Waals surface area contributed by atoms with E-state index >= 15 is 0 Å². The molecule has 1 aromatic carbocycles. The lowest BCUT2D eigenvalue weighted by molar-refractivity contribution is -0.129. The molecule has 25 heavy (non-hydrogen) atoms. The van der Waals surface area contributed by atoms with Crippen molar-refractivity contribution >= 4 is 11.9 Å². The summed E-state index contributed by atoms with van der Waals surface area (Å²) in [5, 5.41) is 10.3. The van der Waals surface area contributed by atoms with Gasteiger partial charge in [-0.15, -0.1) is 0 Å². The van der Waals surface area contributed by atoms with Gasteiger partial charge in [0.15, 0.2) is 0 Å². The number of benzene rings is 1. The van der Waals surface area contributed by atoms with E-state index < -0.39 is 6.10 Å². The highest BCUT2D eigenvalue weighted by Gasteiger charge is 2.46. The second kappa shape index (κ2) is 7.04. The molecule has 2 atom stereocenters. The SMILES string of the molecule is Cc1ccc(C)c(OC[C@H](O)CN2C(=O)[C@@H]3CCCCN3C2=O)c1C. The average Bonchev–Trinajstić information content (AvgIpc) is 2.84. The number of carbonyl (C=O) groups excluding carboxylic acids is 2. The van der Waals surface area contributed by atoms with E-state index in [9.17, 15) is 14.7 Å². The molecule has 2 aliphatic heterocycles. The van der Waals surface area contributed by atoms with Crippen LogP contribution in [0.2, 0.25) is 0 Å². The molecule has 6 nitrogen and oxygen atoms in total. The molecule has 3 amide bonds. The Bertz CT molecular complexity index is 664. The Morgan fingerprint density at radius 1 is 1.20 bits per heavy atom. The van der Waals surface area contributed by atoms with Gasteiger partial charge in [0.25, 0.3) is 5.91 Å². The van der Waals surface area contributed by atoms with Crippen molar-refractivity contribution < 1.29 is 19.4 Å². The Morgan fingerprint density at radius 3 is 2.64 bits per heavy atom. The van der Waals surface area contributed by atoms with Crippen LogP contribution >= 0.6 is 0 Å². The van der Waals surface area contributed by atoms with Gasteiger partial charge in [-0.05, 0) is 56.7 Å². The van der Waals surface area contributed by atoms with Crippen LogP contribution in [-0.4, -0.2) is 58.7 Å². The molecule has 2 saturated heterocycles. The van der Waals surface area contributed by atoms with Crippen LogP contribution in [0.4, 0.5) is 4.79 Å². The topological polar surface area (TPSA) is 70.1 Å². The van der Waals surface area contributed by atoms with Crippen molar-refractivity contribution in [1.29, 1.82) is 0 Å². The number of aryl methyl sites for hydroxylation is 2. The van der Waals surface area contributed by atoms with Crippen molar-refractivity contribution in [3.05, 3.63) is 28.8 Å². The summed E-state index contributed by atoms with van der Waals surface area (Å²) in [6.07, 6.45) is 1.70. The van der Waals surface area contributed by atoms with Crippen LogP contribution in [0.25, 0.3) is 0 Å². The summed E-state index contributed by atoms with van der Waals surface area (Å²) in [6.45, 7) is 6.60. The summed E-state index contributed by atoms with van der Waals surface area (Å²) in [5.74, 6) is 0.571. The zero-order valence-electron chi connectivity index (χ0n) is 15.1. The quantitative estimate of drug-likeness (QED) is 0.830. The predicted molar refractivity (Wildman–Crippen MR) is 93.6 cm³/mol. The van der Waals surface area contributed by atoms with Crippen molar-refractivity contribution in [1.82, 2.24) is 9.80 Å². The largest absolute Gasteiger partial charge is 0.490 e. The molecular formula is C19H26N2O4. The van der Waals surface area contributed by atoms with Gasteiger partial charge in [0, 0.05) is 6.54 Å². The first kappa shape index (κ1) is 17.7. The van der Waals surface area contributed by atoms with Crippen LogP contribution in [0.3, 0.4) is 0 Å². The van der Waals surface area contributed by atoms with Crippen molar-refractivity contribution in [2.45, 2.75) is 52.2 Å². The minimum Gasteiger partial charge on any atom is -0.490 e. The normalized spacial score (nSPS) is 21.5. The van der Waals surface area contributed by atoms with Crippen molar-refractivity contribution in [3.8, 4) is 5.75 Å². The number of fused-ring (bicyclic) bond motifs is 1. The van der Waals surface area contributed by atoms with E-state index in [2.05, 4.69) is 0 Å². The Labute approximate surface area is 148 Å². The number of β-amino-alcohol motifs (C(OH)–C–C–N with tert-alkyl or cyclic N) is 1. The fraction of sp³-hybridized carbons (Fsp3) is 0.579. The number of aliphatic hydroxyl groups excluding tert-OH is 1. The summed E-state index contributed by atoms with van der Waals surface area (Å²) in [4.78, 5) is 27.6. The zero-order valence-corrected chi connectivity index (χ0v) is 15.1. The summed E-state index contributed by atoms with van der Waals surface area (Å²) in [5.41, 5.74) is 3.16. The predicted octanol–water partition coefficient (Wildman–Crippen LogP) is 2.17. The van der Waals surface area contributed by atoms with E-state index in [-0.39, 0.29) is 31.1 Å². The van der Waals surface area contributed by atoms with E-state index in [1.807, 2.05) is 32.9 Å². The Balaban J connectivity index is 1.62. The number of hydrogen-bond donors (Lipinski definition) is 1. The third-order valence-corrected chi connectivity index (χ3v) is 5.22. The molecule has 2 aliphatic rings. The molecule has 0 aliphatic carbocycles. The number of hydrogen-bond acceptors (Lipinski definition) is 4. The second-order valence-corrected chi connectivity index (χ2v) is 7.05. The minimum absolute atomic E-state index is 0.0193. The first-order valence-corrected chi connectivity index (χ1v) is 8.89. The van der Waals surface area contributed by atoms with Gasteiger partial charge >= 0.3 is 6.03 Å². The van der Waals surface area contributed by atoms with Gasteiger partial charge in [0.05, 0.1) is 6.54 Å². The van der Waals surface area contributed by atoms with Crippen LogP contribution in [0.15, 0.2) is 12.1 Å². The number of ether oxygens (including phenoxy) is 1. The fourth-order valence-corrected chi connectivity index (χ4v) is 3.61. The van der Waals surface area contributed by atoms with Crippen LogP contribution in [-0.2, 0) is 4.79 Å². The molecule has 0 radical (unpaired) electrons. The molecule has 3 rings (SSSR count). The maximum absolute atomic E-state index is 12.4. The van der Waals surface area contributed by atoms with Gasteiger partial charge in [0.1, 0.15) is 24.5 Å². The van der Waals surface area contributed by atoms with Gasteiger partial charge in [-0.3, -0.25) is 9.69 Å². The number of nitrogens with zero attached hydrogens (tertiary/aromatic N) is 2. The van der Waals surface area contributed by atoms with Gasteiger partial charge in [0.2, 0.25) is 0 Å². The van der Waals surface area contributed by atoms with Crippen LogP contribution in [0, 0.1) is 20.8 Å². The lowest BCUT2D eigenvalue weighted by Crippen LogP contribution is -2.40. The Morgan fingerprint density at radius 2 is 1.92 bits per heavy atom. The van der Waals surface area contributed by atoms with Crippen molar-refractivity contribution in [2.24, 2.45) is 0 Å². The van der Waals surface area contributed by atoms with E-state index in [1.165, 1.54) is 4.90 Å². The lowest BCUT2D eigenvalue weighted by Gasteiger charge is -2.26. The maximum Gasteiger partial charge on any atom is 0.327 e. The number of urea groups is 1. The minimum atomic E-state index is -0.909. The first-order chi connectivity index (χ1) is 11.9. The smallest absolute Gasteiger partial charge is 0.327 e. The van der Waals surface area contributed by atoms with E-state index in [0.29, 0.717) is 6.54 Å². The highest BCUT2D eigenvalue weighted by atomic mass is 16.5. The van der Waals surface area contributed by atoms with Gasteiger partial charge in [-0.1, -0.05) is 12.1 Å². The second-order valence-electron chi connectivity index (χ2n) is 7.05. The average molecular weight is 346 g/mol. The number of amides is 3. The van der Waals surface area contributed by atoms with Crippen molar-refractivity contribution in [2.75, 3.05) is 19.7 Å². The highest BCUT2D eigenvalue weighted by Crippen LogP contribution is 2.28. The van der Waals surface area contributed by atoms with Crippen LogP contribution < -0.4 is 4.74 Å². The molecule has 2 fully saturated rings. The third-order valence-electron chi connectivity index (χ3n) is 5.22. The molecule has 136 valence electrons. The van der Waals surface area contributed by atoms with Gasteiger partial charge in [-0.25, -0.2) is 4.79 Å². The third kappa shape index (κ3) is 3.35. The first-order valence-electron chi connectivity index (χ1n) is 8.89. The fourth-order valence-electron chi connectivity index (χ4n) is 3.61. The molecule has 0 spiro atoms. The number of piperidine rings is 1. The molecule has 2 heterocycles. The molecule has 1 aromatic rings. The summed E-state index contributed by atoms with van der Waals surface area (Å²) >= 11 is 0. The monoisotopic (exact) mass is 346 g/mol. The van der Waals surface area contributed by atoms with Gasteiger partial charge in [-0.2, -0.15) is 0 Å². The van der Waals surface area contributed by atoms with Crippen molar-refractivity contribution in [3.63, 3.8) is 0 Å². The Kier molecular flexibility index (Phi) is 4.99. The van der Waals surface area contributed by atoms with Gasteiger partial charge < -0.3 is 14.7 Å². The number of carbonyl (C=O) groups is 2. The van der Waals surface area contributed by atoms with Crippen LogP contribution in [0.5, 0.6) is 5.75 Å². The lowest BCUT2D eigenvalue weighted by atomic mass is 10.0. The summed E-state index contributed by atoms with van der Waals surface area (Å²) in [6, 6.07) is 3.40. The molecule has 1 N–H and O–H groups in total. The molecule has 0 unspecified atom stereocenters. The molecule has 0 bridgehead atoms. The molecule has 6 heteroatoms. The highest BCUT2D eigenvalue weighted by molar-refractivity contribution is 6.04. The number of rotatable bonds is 5. The van der Waals surface area contributed by atoms with E-state index in [1.54, 1.807) is 4.90 Å². The number of aliphatic hydroxyl groups is 1. The van der Waals surface area contributed by atoms with E-state index in [0.717, 1.165) is 41.7 Å². The standard InChI is InChI=1S/C19H26N2O4/c1-12-7-8-13(2)17(14(12)3)25-11-15(22)10-21-18(23)16-6-4-5-9-20(16)19(21)24/h7-8,15-16,22H,4-6,9-11H2,1-3H3/t15-,16+/m1/s1. The molecule has 0 saturated carbocycles. The maximum atomic E-state index is 12.4. The Hall–Kier alpha value is -2.08. The van der Waals surface area contributed by atoms with E-state index in [4.69, 9.17) is 4.74 Å². The number of imide groups is 1. The molecule has 0 aromatic heterocycles. The zero-order chi connectivity index (χ0) is 18.1.